The standard InChI is InChI=1S/C22H31FN2O2/c1-15-11-16(3-6-21(15)23)18-12-19-4-5-20(13-18)25(19)22(26)17-7-8-24(14-17)9-10-27-2/h3,6,11,17-20H,4-5,7-10,12-14H2,1-2H3/t17?,18?,19-,20+. The van der Waals surface area contributed by atoms with Crippen LogP contribution in [0.1, 0.15) is 49.1 Å². The van der Waals surface area contributed by atoms with E-state index >= 15 is 0 Å². The molecule has 3 aliphatic heterocycles. The number of carbonyl (C=O) groups is 1. The Kier molecular flexibility index (Phi) is 5.51. The number of aryl methyl sites for hydroxylation is 1. The molecular weight excluding hydrogens is 343 g/mol. The van der Waals surface area contributed by atoms with E-state index in [1.165, 1.54) is 5.56 Å². The van der Waals surface area contributed by atoms with Crippen molar-refractivity contribution in [1.29, 1.82) is 0 Å². The number of hydrogen-bond acceptors (Lipinski definition) is 3. The van der Waals surface area contributed by atoms with E-state index in [4.69, 9.17) is 4.74 Å². The smallest absolute Gasteiger partial charge is 0.227 e. The lowest BCUT2D eigenvalue weighted by atomic mass is 9.84. The number of fused-ring (bicyclic) bond motifs is 2. The molecule has 0 N–H and O–H groups in total. The molecule has 0 aromatic heterocycles. The lowest BCUT2D eigenvalue weighted by Crippen LogP contribution is -2.49. The van der Waals surface area contributed by atoms with Gasteiger partial charge >= 0.3 is 0 Å². The predicted octanol–water partition coefficient (Wildman–Crippen LogP) is 3.34. The van der Waals surface area contributed by atoms with Crippen LogP contribution in [0, 0.1) is 18.7 Å². The van der Waals surface area contributed by atoms with Crippen LogP contribution in [-0.4, -0.2) is 61.1 Å². The molecular formula is C22H31FN2O2. The Morgan fingerprint density at radius 1 is 1.22 bits per heavy atom. The maximum atomic E-state index is 13.6. The third-order valence-electron chi connectivity index (χ3n) is 6.87. The minimum atomic E-state index is -0.131. The first-order chi connectivity index (χ1) is 13.1. The number of carbonyl (C=O) groups excluding carboxylic acids is 1. The molecule has 2 bridgehead atoms. The van der Waals surface area contributed by atoms with Gasteiger partial charge in [-0.15, -0.1) is 0 Å². The molecule has 3 saturated heterocycles. The molecule has 4 nitrogen and oxygen atoms in total. The lowest BCUT2D eigenvalue weighted by molar-refractivity contribution is -0.139. The van der Waals surface area contributed by atoms with Crippen LogP contribution in [0.5, 0.6) is 0 Å². The summed E-state index contributed by atoms with van der Waals surface area (Å²) in [6.07, 6.45) is 5.25. The molecule has 0 aliphatic carbocycles. The Morgan fingerprint density at radius 2 is 1.96 bits per heavy atom. The summed E-state index contributed by atoms with van der Waals surface area (Å²) in [6.45, 7) is 5.36. The van der Waals surface area contributed by atoms with Gasteiger partial charge in [-0.25, -0.2) is 4.39 Å². The van der Waals surface area contributed by atoms with Gasteiger partial charge in [-0.05, 0) is 68.7 Å². The summed E-state index contributed by atoms with van der Waals surface area (Å²) in [5, 5.41) is 0. The molecule has 1 aromatic carbocycles. The fraction of sp³-hybridized carbons (Fsp3) is 0.682. The van der Waals surface area contributed by atoms with Crippen LogP contribution in [0.3, 0.4) is 0 Å². The van der Waals surface area contributed by atoms with E-state index in [0.29, 0.717) is 23.9 Å². The summed E-state index contributed by atoms with van der Waals surface area (Å²) in [4.78, 5) is 17.8. The van der Waals surface area contributed by atoms with Crippen molar-refractivity contribution < 1.29 is 13.9 Å². The molecule has 27 heavy (non-hydrogen) atoms. The Balaban J connectivity index is 1.40. The highest BCUT2D eigenvalue weighted by atomic mass is 19.1. The highest BCUT2D eigenvalue weighted by Crippen LogP contribution is 2.44. The van der Waals surface area contributed by atoms with Crippen molar-refractivity contribution in [2.45, 2.75) is 57.0 Å². The lowest BCUT2D eigenvalue weighted by Gasteiger charge is -2.40. The van der Waals surface area contributed by atoms with Gasteiger partial charge in [0.05, 0.1) is 12.5 Å². The maximum Gasteiger partial charge on any atom is 0.227 e. The second-order valence-corrected chi connectivity index (χ2v) is 8.59. The first kappa shape index (κ1) is 18.9. The number of amides is 1. The van der Waals surface area contributed by atoms with Crippen LogP contribution in [0.25, 0.3) is 0 Å². The number of halogens is 1. The van der Waals surface area contributed by atoms with Gasteiger partial charge in [-0.2, -0.15) is 0 Å². The Morgan fingerprint density at radius 3 is 2.63 bits per heavy atom. The van der Waals surface area contributed by atoms with E-state index in [2.05, 4.69) is 9.80 Å². The Labute approximate surface area is 161 Å². The van der Waals surface area contributed by atoms with Crippen LogP contribution < -0.4 is 0 Å². The number of nitrogens with zero attached hydrogens (tertiary/aromatic N) is 2. The number of ether oxygens (including phenoxy) is 1. The van der Waals surface area contributed by atoms with Gasteiger partial charge in [0, 0.05) is 32.3 Å². The van der Waals surface area contributed by atoms with Gasteiger partial charge in [-0.1, -0.05) is 12.1 Å². The number of likely N-dealkylation sites (tertiary alicyclic amines) is 1. The monoisotopic (exact) mass is 374 g/mol. The molecule has 2 unspecified atom stereocenters. The van der Waals surface area contributed by atoms with Crippen LogP contribution in [-0.2, 0) is 9.53 Å². The highest BCUT2D eigenvalue weighted by Gasteiger charge is 2.45. The second-order valence-electron chi connectivity index (χ2n) is 8.59. The van der Waals surface area contributed by atoms with E-state index in [-0.39, 0.29) is 11.7 Å². The van der Waals surface area contributed by atoms with Crippen LogP contribution in [0.4, 0.5) is 4.39 Å². The van der Waals surface area contributed by atoms with E-state index in [0.717, 1.165) is 63.9 Å². The first-order valence-corrected chi connectivity index (χ1v) is 10.4. The fourth-order valence-corrected chi connectivity index (χ4v) is 5.40. The van der Waals surface area contributed by atoms with Gasteiger partial charge in [0.1, 0.15) is 5.82 Å². The summed E-state index contributed by atoms with van der Waals surface area (Å²) < 4.78 is 18.8. The van der Waals surface area contributed by atoms with Gasteiger partial charge < -0.3 is 14.5 Å². The normalized spacial score (nSPS) is 30.9. The molecule has 1 amide bonds. The molecule has 0 radical (unpaired) electrons. The molecule has 148 valence electrons. The largest absolute Gasteiger partial charge is 0.383 e. The molecule has 0 spiro atoms. The minimum absolute atomic E-state index is 0.131. The number of hydrogen-bond donors (Lipinski definition) is 0. The van der Waals surface area contributed by atoms with E-state index in [1.807, 2.05) is 19.1 Å². The zero-order valence-corrected chi connectivity index (χ0v) is 16.5. The Bertz CT molecular complexity index is 681. The van der Waals surface area contributed by atoms with Crippen molar-refractivity contribution >= 4 is 5.91 Å². The van der Waals surface area contributed by atoms with Crippen LogP contribution in [0.2, 0.25) is 0 Å². The van der Waals surface area contributed by atoms with Crippen molar-refractivity contribution in [2.24, 2.45) is 5.92 Å². The van der Waals surface area contributed by atoms with Crippen molar-refractivity contribution in [3.8, 4) is 0 Å². The molecule has 3 heterocycles. The number of methoxy groups -OCH3 is 1. The van der Waals surface area contributed by atoms with Crippen molar-refractivity contribution in [1.82, 2.24) is 9.80 Å². The Hall–Kier alpha value is -1.46. The average Bonchev–Trinajstić information content (AvgIpc) is 3.24. The molecule has 3 fully saturated rings. The summed E-state index contributed by atoms with van der Waals surface area (Å²) in [5.41, 5.74) is 1.96. The van der Waals surface area contributed by atoms with Gasteiger partial charge in [0.25, 0.3) is 0 Å². The topological polar surface area (TPSA) is 32.8 Å². The maximum absolute atomic E-state index is 13.6. The molecule has 4 rings (SSSR count). The van der Waals surface area contributed by atoms with Gasteiger partial charge in [-0.3, -0.25) is 4.79 Å². The summed E-state index contributed by atoms with van der Waals surface area (Å²) in [5.74, 6) is 0.840. The minimum Gasteiger partial charge on any atom is -0.383 e. The molecule has 1 aromatic rings. The second kappa shape index (κ2) is 7.88. The number of benzene rings is 1. The highest BCUT2D eigenvalue weighted by molar-refractivity contribution is 5.80. The quantitative estimate of drug-likeness (QED) is 0.792. The van der Waals surface area contributed by atoms with E-state index in [1.54, 1.807) is 13.2 Å². The summed E-state index contributed by atoms with van der Waals surface area (Å²) in [6, 6.07) is 6.26. The predicted molar refractivity (Wildman–Crippen MR) is 103 cm³/mol. The van der Waals surface area contributed by atoms with Crippen LogP contribution in [0.15, 0.2) is 18.2 Å². The van der Waals surface area contributed by atoms with Gasteiger partial charge in [0.15, 0.2) is 0 Å². The SMILES string of the molecule is COCCN1CCC(C(=O)N2[C@@H]3CC[C@H]2CC(c2ccc(F)c(C)c2)C3)C1. The number of rotatable bonds is 5. The first-order valence-electron chi connectivity index (χ1n) is 10.4. The van der Waals surface area contributed by atoms with E-state index < -0.39 is 0 Å². The molecule has 5 heteroatoms. The zero-order chi connectivity index (χ0) is 19.0. The van der Waals surface area contributed by atoms with Crippen molar-refractivity contribution in [3.63, 3.8) is 0 Å². The summed E-state index contributed by atoms with van der Waals surface area (Å²) >= 11 is 0. The van der Waals surface area contributed by atoms with Crippen molar-refractivity contribution in [3.05, 3.63) is 35.1 Å². The van der Waals surface area contributed by atoms with Crippen LogP contribution >= 0.6 is 0 Å². The molecule has 4 atom stereocenters. The fourth-order valence-electron chi connectivity index (χ4n) is 5.40. The zero-order valence-electron chi connectivity index (χ0n) is 16.5. The molecule has 0 saturated carbocycles. The van der Waals surface area contributed by atoms with Gasteiger partial charge in [0.2, 0.25) is 5.91 Å². The third kappa shape index (κ3) is 3.77. The summed E-state index contributed by atoms with van der Waals surface area (Å²) in [7, 11) is 1.73. The number of piperidine rings is 1. The van der Waals surface area contributed by atoms with E-state index in [9.17, 15) is 9.18 Å². The van der Waals surface area contributed by atoms with Crippen molar-refractivity contribution in [2.75, 3.05) is 33.4 Å². The third-order valence-corrected chi connectivity index (χ3v) is 6.87. The average molecular weight is 375 g/mol. The molecule has 3 aliphatic rings.